The lowest BCUT2D eigenvalue weighted by Gasteiger charge is -2.18. The first-order chi connectivity index (χ1) is 8.37. The Balaban J connectivity index is 2.48. The molecule has 1 aromatic rings. The number of rotatable bonds is 4. The zero-order chi connectivity index (χ0) is 13.6. The van der Waals surface area contributed by atoms with Gasteiger partial charge in [0.15, 0.2) is 0 Å². The normalized spacial score (nSPS) is 13.5. The third-order valence-electron chi connectivity index (χ3n) is 2.02. The van der Waals surface area contributed by atoms with Crippen molar-refractivity contribution >= 4 is 16.7 Å². The van der Waals surface area contributed by atoms with Crippen LogP contribution >= 0.6 is 0 Å². The average molecular weight is 265 g/mol. The molecule has 0 aliphatic rings. The Morgan fingerprint density at radius 1 is 1.28 bits per heavy atom. The smallest absolute Gasteiger partial charge is 0.244 e. The van der Waals surface area contributed by atoms with Crippen LogP contribution in [0, 0.1) is 0 Å². The van der Waals surface area contributed by atoms with Gasteiger partial charge in [-0.25, -0.2) is 0 Å². The second-order valence-corrected chi connectivity index (χ2v) is 6.38. The van der Waals surface area contributed by atoms with E-state index < -0.39 is 10.8 Å². The number of hydrogen-bond acceptors (Lipinski definition) is 2. The molecule has 4 heteroatoms. The van der Waals surface area contributed by atoms with Crippen molar-refractivity contribution in [3.63, 3.8) is 0 Å². The lowest BCUT2D eigenvalue weighted by Crippen LogP contribution is -2.39. The average Bonchev–Trinajstić information content (AvgIpc) is 2.25. The molecule has 0 saturated carbocycles. The van der Waals surface area contributed by atoms with Crippen LogP contribution < -0.4 is 5.32 Å². The molecule has 98 valence electrons. The minimum atomic E-state index is -1.16. The third kappa shape index (κ3) is 6.35. The van der Waals surface area contributed by atoms with Crippen LogP contribution in [0.15, 0.2) is 41.8 Å². The minimum Gasteiger partial charge on any atom is -0.348 e. The summed E-state index contributed by atoms with van der Waals surface area (Å²) < 4.78 is 11.7. The Morgan fingerprint density at radius 2 is 1.89 bits per heavy atom. The van der Waals surface area contributed by atoms with Gasteiger partial charge < -0.3 is 5.32 Å². The van der Waals surface area contributed by atoms with Crippen LogP contribution in [0.25, 0.3) is 0 Å². The van der Waals surface area contributed by atoms with E-state index in [1.165, 1.54) is 11.5 Å². The first kappa shape index (κ1) is 14.6. The topological polar surface area (TPSA) is 46.2 Å². The molecular weight excluding hydrogens is 246 g/mol. The first-order valence-electron chi connectivity index (χ1n) is 5.78. The van der Waals surface area contributed by atoms with Crippen molar-refractivity contribution in [2.24, 2.45) is 0 Å². The molecule has 18 heavy (non-hydrogen) atoms. The number of amides is 1. The summed E-state index contributed by atoms with van der Waals surface area (Å²) >= 11 is 0. The molecule has 0 aliphatic carbocycles. The van der Waals surface area contributed by atoms with Crippen molar-refractivity contribution in [3.8, 4) is 0 Å². The lowest BCUT2D eigenvalue weighted by molar-refractivity contribution is -0.117. The minimum absolute atomic E-state index is 0.219. The Hall–Kier alpha value is -1.42. The molecule has 1 rings (SSSR count). The van der Waals surface area contributed by atoms with Crippen LogP contribution in [-0.2, 0) is 21.3 Å². The number of benzene rings is 1. The van der Waals surface area contributed by atoms with E-state index in [-0.39, 0.29) is 11.4 Å². The monoisotopic (exact) mass is 265 g/mol. The first-order valence-corrected chi connectivity index (χ1v) is 7.16. The highest BCUT2D eigenvalue weighted by Gasteiger charge is 2.11. The molecule has 0 bridgehead atoms. The molecule has 0 aliphatic heterocycles. The molecule has 1 N–H and O–H groups in total. The van der Waals surface area contributed by atoms with Gasteiger partial charge in [-0.1, -0.05) is 30.3 Å². The maximum Gasteiger partial charge on any atom is 0.244 e. The van der Waals surface area contributed by atoms with E-state index in [2.05, 4.69) is 5.32 Å². The predicted octanol–water partition coefficient (Wildman–Crippen LogP) is 2.36. The summed E-state index contributed by atoms with van der Waals surface area (Å²) in [4.78, 5) is 11.5. The summed E-state index contributed by atoms with van der Waals surface area (Å²) in [5, 5.41) is 4.22. The fourth-order valence-corrected chi connectivity index (χ4v) is 2.23. The number of carbonyl (C=O) groups excluding carboxylic acids is 1. The van der Waals surface area contributed by atoms with Crippen molar-refractivity contribution in [3.05, 3.63) is 47.4 Å². The summed E-state index contributed by atoms with van der Waals surface area (Å²) in [5.41, 5.74) is 0.722. The molecule has 1 atom stereocenters. The van der Waals surface area contributed by atoms with Crippen LogP contribution in [0.2, 0.25) is 0 Å². The molecule has 0 aromatic heterocycles. The molecule has 0 fully saturated rings. The summed E-state index contributed by atoms with van der Waals surface area (Å²) in [6.45, 7) is 5.71. The van der Waals surface area contributed by atoms with E-state index in [4.69, 9.17) is 0 Å². The number of nitrogens with one attached hydrogen (secondary N) is 1. The van der Waals surface area contributed by atoms with Gasteiger partial charge in [-0.15, -0.1) is 0 Å². The quantitative estimate of drug-likeness (QED) is 0.850. The Bertz CT molecular complexity index is 447. The highest BCUT2D eigenvalue weighted by atomic mass is 32.2. The van der Waals surface area contributed by atoms with Gasteiger partial charge in [-0.3, -0.25) is 9.00 Å². The third-order valence-corrected chi connectivity index (χ3v) is 3.08. The van der Waals surface area contributed by atoms with Crippen LogP contribution in [0.3, 0.4) is 0 Å². The maximum atomic E-state index is 11.7. The van der Waals surface area contributed by atoms with Gasteiger partial charge in [0.1, 0.15) is 0 Å². The lowest BCUT2D eigenvalue weighted by atomic mass is 10.1. The van der Waals surface area contributed by atoms with Crippen molar-refractivity contribution < 1.29 is 9.00 Å². The Kier molecular flexibility index (Phi) is 5.28. The fourth-order valence-electron chi connectivity index (χ4n) is 1.34. The van der Waals surface area contributed by atoms with Gasteiger partial charge in [0.25, 0.3) is 0 Å². The molecule has 1 amide bonds. The van der Waals surface area contributed by atoms with Crippen molar-refractivity contribution in [2.75, 3.05) is 0 Å². The van der Waals surface area contributed by atoms with E-state index in [9.17, 15) is 9.00 Å². The fraction of sp³-hybridized carbons (Fsp3) is 0.357. The maximum absolute atomic E-state index is 11.7. The van der Waals surface area contributed by atoms with Crippen LogP contribution in [-0.4, -0.2) is 15.7 Å². The van der Waals surface area contributed by atoms with Crippen molar-refractivity contribution in [2.45, 2.75) is 32.1 Å². The van der Waals surface area contributed by atoms with Crippen molar-refractivity contribution in [1.82, 2.24) is 5.32 Å². The molecule has 0 heterocycles. The van der Waals surface area contributed by atoms with E-state index in [1.54, 1.807) is 0 Å². The zero-order valence-corrected chi connectivity index (χ0v) is 11.8. The van der Waals surface area contributed by atoms with Gasteiger partial charge in [-0.2, -0.15) is 0 Å². The van der Waals surface area contributed by atoms with Gasteiger partial charge in [0.05, 0.1) is 16.6 Å². The highest BCUT2D eigenvalue weighted by molar-refractivity contribution is 7.87. The summed E-state index contributed by atoms with van der Waals surface area (Å²) in [6, 6.07) is 9.56. The molecule has 1 aromatic carbocycles. The van der Waals surface area contributed by atoms with E-state index in [0.29, 0.717) is 5.75 Å². The van der Waals surface area contributed by atoms with Crippen LogP contribution in [0.4, 0.5) is 0 Å². The second-order valence-electron chi connectivity index (χ2n) is 5.05. The second kappa shape index (κ2) is 6.50. The summed E-state index contributed by atoms with van der Waals surface area (Å²) in [5.74, 6) is 0.212. The van der Waals surface area contributed by atoms with Crippen LogP contribution in [0.5, 0.6) is 0 Å². The standard InChI is InChI=1S/C14H19NO2S/c1-14(2,3)15-13(16)9-10-18(17)11-12-7-5-4-6-8-12/h4-10H,11H2,1-3H3,(H,15,16)/b10-9-. The molecular formula is C14H19NO2S. The summed E-state index contributed by atoms with van der Waals surface area (Å²) in [6.07, 6.45) is 1.34. The van der Waals surface area contributed by atoms with Gasteiger partial charge >= 0.3 is 0 Å². The van der Waals surface area contributed by atoms with E-state index in [0.717, 1.165) is 5.56 Å². The van der Waals surface area contributed by atoms with Gasteiger partial charge in [0, 0.05) is 17.0 Å². The molecule has 0 spiro atoms. The summed E-state index contributed by atoms with van der Waals surface area (Å²) in [7, 11) is -1.16. The van der Waals surface area contributed by atoms with Gasteiger partial charge in [-0.05, 0) is 26.3 Å². The van der Waals surface area contributed by atoms with Crippen LogP contribution in [0.1, 0.15) is 26.3 Å². The van der Waals surface area contributed by atoms with Crippen molar-refractivity contribution in [1.29, 1.82) is 0 Å². The molecule has 0 radical (unpaired) electrons. The Morgan fingerprint density at radius 3 is 2.44 bits per heavy atom. The van der Waals surface area contributed by atoms with E-state index in [1.807, 2.05) is 51.1 Å². The van der Waals surface area contributed by atoms with Gasteiger partial charge in [0.2, 0.25) is 5.91 Å². The predicted molar refractivity (Wildman–Crippen MR) is 75.3 cm³/mol. The SMILES string of the molecule is CC(C)(C)NC(=O)/C=C\S(=O)Cc1ccccc1. The number of carbonyl (C=O) groups is 1. The largest absolute Gasteiger partial charge is 0.348 e. The molecule has 0 saturated heterocycles. The molecule has 1 unspecified atom stereocenters. The Labute approximate surface area is 111 Å². The molecule has 3 nitrogen and oxygen atoms in total. The van der Waals surface area contributed by atoms with E-state index >= 15 is 0 Å². The zero-order valence-electron chi connectivity index (χ0n) is 11.0. The highest BCUT2D eigenvalue weighted by Crippen LogP contribution is 2.04. The number of hydrogen-bond donors (Lipinski definition) is 1.